The molecule has 2 rings (SSSR count). The first-order chi connectivity index (χ1) is 9.24. The minimum absolute atomic E-state index is 0.499. The van der Waals surface area contributed by atoms with Crippen molar-refractivity contribution in [2.24, 2.45) is 0 Å². The normalized spacial score (nSPS) is 15.9. The van der Waals surface area contributed by atoms with E-state index in [0.29, 0.717) is 6.61 Å². The molecule has 1 aromatic heterocycles. The van der Waals surface area contributed by atoms with Crippen LogP contribution in [0.1, 0.15) is 37.2 Å². The molecule has 1 N–H and O–H groups in total. The zero-order valence-electron chi connectivity index (χ0n) is 11.4. The highest BCUT2D eigenvalue weighted by Gasteiger charge is 2.17. The molecule has 1 fully saturated rings. The third-order valence-electron chi connectivity index (χ3n) is 3.23. The number of thioether (sulfide) groups is 1. The van der Waals surface area contributed by atoms with Gasteiger partial charge in [0.2, 0.25) is 0 Å². The number of ether oxygens (including phenoxy) is 1. The highest BCUT2D eigenvalue weighted by molar-refractivity contribution is 9.10. The molecule has 19 heavy (non-hydrogen) atoms. The van der Waals surface area contributed by atoms with E-state index in [1.807, 2.05) is 18.8 Å². The van der Waals surface area contributed by atoms with Crippen LogP contribution in [0.15, 0.2) is 4.47 Å². The molecule has 0 bridgehead atoms. The lowest BCUT2D eigenvalue weighted by atomic mass is 10.4. The van der Waals surface area contributed by atoms with Crippen LogP contribution >= 0.6 is 27.7 Å². The second kappa shape index (κ2) is 7.45. The van der Waals surface area contributed by atoms with Crippen molar-refractivity contribution >= 4 is 33.5 Å². The molecule has 1 heterocycles. The largest absolute Gasteiger partial charge is 0.378 e. The van der Waals surface area contributed by atoms with Crippen molar-refractivity contribution in [2.75, 3.05) is 19.5 Å². The molecule has 1 saturated carbocycles. The molecule has 0 radical (unpaired) electrons. The monoisotopic (exact) mass is 345 g/mol. The lowest BCUT2D eigenvalue weighted by Crippen LogP contribution is -2.07. The molecule has 0 saturated heterocycles. The summed E-state index contributed by atoms with van der Waals surface area (Å²) in [5, 5.41) is 3.89. The lowest BCUT2D eigenvalue weighted by molar-refractivity contribution is 0.180. The van der Waals surface area contributed by atoms with E-state index in [2.05, 4.69) is 31.2 Å². The zero-order chi connectivity index (χ0) is 13.7. The average molecular weight is 346 g/mol. The van der Waals surface area contributed by atoms with Crippen LogP contribution in [0.25, 0.3) is 0 Å². The lowest BCUT2D eigenvalue weighted by Gasteiger charge is -2.12. The highest BCUT2D eigenvalue weighted by atomic mass is 79.9. The molecule has 0 aromatic carbocycles. The molecule has 1 aromatic rings. The molecule has 0 aliphatic heterocycles. The molecule has 6 heteroatoms. The first kappa shape index (κ1) is 15.1. The summed E-state index contributed by atoms with van der Waals surface area (Å²) in [6.45, 7) is 0.499. The van der Waals surface area contributed by atoms with Crippen molar-refractivity contribution in [3.8, 4) is 0 Å². The number of rotatable bonds is 6. The van der Waals surface area contributed by atoms with E-state index in [-0.39, 0.29) is 0 Å². The fourth-order valence-corrected chi connectivity index (χ4v) is 3.93. The summed E-state index contributed by atoms with van der Waals surface area (Å²) in [5.74, 6) is 2.60. The Morgan fingerprint density at radius 2 is 2.11 bits per heavy atom. The third-order valence-corrected chi connectivity index (χ3v) is 5.44. The van der Waals surface area contributed by atoms with Crippen LogP contribution in [-0.4, -0.2) is 29.4 Å². The summed E-state index contributed by atoms with van der Waals surface area (Å²) in [7, 11) is 3.55. The van der Waals surface area contributed by atoms with E-state index in [4.69, 9.17) is 4.74 Å². The molecule has 0 amide bonds. The Morgan fingerprint density at radius 1 is 1.37 bits per heavy atom. The van der Waals surface area contributed by atoms with Crippen molar-refractivity contribution < 1.29 is 4.74 Å². The molecular formula is C13H20BrN3OS. The average Bonchev–Trinajstić information content (AvgIpc) is 2.93. The zero-order valence-corrected chi connectivity index (χ0v) is 13.8. The topological polar surface area (TPSA) is 47.0 Å². The predicted octanol–water partition coefficient (Wildman–Crippen LogP) is 3.60. The van der Waals surface area contributed by atoms with Crippen LogP contribution in [-0.2, 0) is 17.1 Å². The van der Waals surface area contributed by atoms with Gasteiger partial charge in [-0.3, -0.25) is 0 Å². The van der Waals surface area contributed by atoms with Crippen molar-refractivity contribution in [1.29, 1.82) is 0 Å². The Hall–Kier alpha value is -0.330. The van der Waals surface area contributed by atoms with Crippen molar-refractivity contribution in [2.45, 2.75) is 43.3 Å². The standard InChI is InChI=1S/C13H20BrN3OS/c1-15-13-12(14)10(7-18-2)16-11(17-13)8-19-9-5-3-4-6-9/h9H,3-8H2,1-2H3,(H,15,16,17). The summed E-state index contributed by atoms with van der Waals surface area (Å²) < 4.78 is 6.08. The summed E-state index contributed by atoms with van der Waals surface area (Å²) in [6.07, 6.45) is 5.42. The van der Waals surface area contributed by atoms with Crippen molar-refractivity contribution in [1.82, 2.24) is 9.97 Å². The molecule has 1 aliphatic carbocycles. The SMILES string of the molecule is CNc1nc(CSC2CCCC2)nc(COC)c1Br. The van der Waals surface area contributed by atoms with Gasteiger partial charge in [-0.05, 0) is 28.8 Å². The molecule has 0 atom stereocenters. The van der Waals surface area contributed by atoms with E-state index >= 15 is 0 Å². The maximum atomic E-state index is 5.19. The fraction of sp³-hybridized carbons (Fsp3) is 0.692. The van der Waals surface area contributed by atoms with Crippen LogP contribution in [0, 0.1) is 0 Å². The van der Waals surface area contributed by atoms with Gasteiger partial charge in [-0.1, -0.05) is 12.8 Å². The van der Waals surface area contributed by atoms with Gasteiger partial charge in [-0.15, -0.1) is 0 Å². The first-order valence-electron chi connectivity index (χ1n) is 6.58. The Bertz CT molecular complexity index is 425. The Balaban J connectivity index is 2.07. The van der Waals surface area contributed by atoms with Gasteiger partial charge in [0.05, 0.1) is 22.5 Å². The summed E-state index contributed by atoms with van der Waals surface area (Å²) in [5.41, 5.74) is 0.906. The van der Waals surface area contributed by atoms with Crippen LogP contribution in [0.5, 0.6) is 0 Å². The van der Waals surface area contributed by atoms with E-state index in [9.17, 15) is 0 Å². The first-order valence-corrected chi connectivity index (χ1v) is 8.42. The van der Waals surface area contributed by atoms with Gasteiger partial charge in [-0.2, -0.15) is 11.8 Å². The van der Waals surface area contributed by atoms with Crippen LogP contribution in [0.4, 0.5) is 5.82 Å². The third kappa shape index (κ3) is 4.07. The summed E-state index contributed by atoms with van der Waals surface area (Å²) in [6, 6.07) is 0. The van der Waals surface area contributed by atoms with E-state index in [1.54, 1.807) is 7.11 Å². The van der Waals surface area contributed by atoms with Crippen LogP contribution in [0.3, 0.4) is 0 Å². The minimum Gasteiger partial charge on any atom is -0.378 e. The molecule has 0 spiro atoms. The Labute approximate surface area is 127 Å². The van der Waals surface area contributed by atoms with E-state index in [0.717, 1.165) is 32.8 Å². The van der Waals surface area contributed by atoms with Crippen molar-refractivity contribution in [3.05, 3.63) is 16.0 Å². The number of methoxy groups -OCH3 is 1. The second-order valence-corrected chi connectivity index (χ2v) is 6.73. The molecule has 1 aliphatic rings. The number of nitrogens with one attached hydrogen (secondary N) is 1. The van der Waals surface area contributed by atoms with Gasteiger partial charge >= 0.3 is 0 Å². The van der Waals surface area contributed by atoms with E-state index < -0.39 is 0 Å². The van der Waals surface area contributed by atoms with Crippen LogP contribution < -0.4 is 5.32 Å². The number of hydrogen-bond acceptors (Lipinski definition) is 5. The second-order valence-electron chi connectivity index (χ2n) is 4.65. The van der Waals surface area contributed by atoms with Gasteiger partial charge < -0.3 is 10.1 Å². The van der Waals surface area contributed by atoms with Gasteiger partial charge in [0.15, 0.2) is 0 Å². The van der Waals surface area contributed by atoms with E-state index in [1.165, 1.54) is 25.7 Å². The maximum absolute atomic E-state index is 5.19. The summed E-state index contributed by atoms with van der Waals surface area (Å²) >= 11 is 5.50. The number of anilines is 1. The van der Waals surface area contributed by atoms with Gasteiger partial charge in [0.25, 0.3) is 0 Å². The molecular weight excluding hydrogens is 326 g/mol. The smallest absolute Gasteiger partial charge is 0.144 e. The molecule has 0 unspecified atom stereocenters. The number of aromatic nitrogens is 2. The maximum Gasteiger partial charge on any atom is 0.144 e. The molecule has 106 valence electrons. The Kier molecular flexibility index (Phi) is 5.91. The predicted molar refractivity (Wildman–Crippen MR) is 83.5 cm³/mol. The van der Waals surface area contributed by atoms with Gasteiger partial charge in [0, 0.05) is 19.4 Å². The van der Waals surface area contributed by atoms with Crippen LogP contribution in [0.2, 0.25) is 0 Å². The van der Waals surface area contributed by atoms with Gasteiger partial charge in [-0.25, -0.2) is 9.97 Å². The van der Waals surface area contributed by atoms with Gasteiger partial charge in [0.1, 0.15) is 11.6 Å². The summed E-state index contributed by atoms with van der Waals surface area (Å²) in [4.78, 5) is 9.14. The number of halogens is 1. The molecule has 4 nitrogen and oxygen atoms in total. The quantitative estimate of drug-likeness (QED) is 0.853. The number of nitrogens with zero attached hydrogens (tertiary/aromatic N) is 2. The minimum atomic E-state index is 0.499. The fourth-order valence-electron chi connectivity index (χ4n) is 2.25. The number of hydrogen-bond donors (Lipinski definition) is 1. The highest BCUT2D eigenvalue weighted by Crippen LogP contribution is 2.32. The van der Waals surface area contributed by atoms with Crippen molar-refractivity contribution in [3.63, 3.8) is 0 Å². The Morgan fingerprint density at radius 3 is 2.74 bits per heavy atom.